The molecule has 0 amide bonds. The minimum Gasteiger partial charge on any atom is -0.392 e. The lowest BCUT2D eigenvalue weighted by Crippen LogP contribution is -2.30. The van der Waals surface area contributed by atoms with Gasteiger partial charge >= 0.3 is 0 Å². The third-order valence-electron chi connectivity index (χ3n) is 2.60. The maximum absolute atomic E-state index is 9.02. The standard InChI is InChI=1S/C10H21NO/c1-9(12)7-11-8-10-5-3-2-4-6-10/h9-12H,2-8H2,1H3/t9-/m0/s1. The molecule has 1 rings (SSSR count). The molecule has 2 N–H and O–H groups in total. The van der Waals surface area contributed by atoms with Crippen LogP contribution in [0.4, 0.5) is 0 Å². The van der Waals surface area contributed by atoms with Gasteiger partial charge in [-0.2, -0.15) is 0 Å². The molecule has 1 saturated carbocycles. The highest BCUT2D eigenvalue weighted by Gasteiger charge is 2.12. The lowest BCUT2D eigenvalue weighted by molar-refractivity contribution is 0.187. The molecule has 2 heteroatoms. The van der Waals surface area contributed by atoms with Crippen molar-refractivity contribution in [2.45, 2.75) is 45.1 Å². The van der Waals surface area contributed by atoms with Crippen molar-refractivity contribution < 1.29 is 5.11 Å². The summed E-state index contributed by atoms with van der Waals surface area (Å²) in [7, 11) is 0. The first-order valence-electron chi connectivity index (χ1n) is 5.18. The molecule has 0 aromatic carbocycles. The summed E-state index contributed by atoms with van der Waals surface area (Å²) in [5, 5.41) is 12.3. The van der Waals surface area contributed by atoms with E-state index in [2.05, 4.69) is 5.32 Å². The fourth-order valence-corrected chi connectivity index (χ4v) is 1.89. The summed E-state index contributed by atoms with van der Waals surface area (Å²) >= 11 is 0. The van der Waals surface area contributed by atoms with Crippen LogP contribution in [0.25, 0.3) is 0 Å². The minimum atomic E-state index is -0.200. The van der Waals surface area contributed by atoms with Gasteiger partial charge in [0, 0.05) is 6.54 Å². The van der Waals surface area contributed by atoms with Gasteiger partial charge in [0.25, 0.3) is 0 Å². The van der Waals surface area contributed by atoms with Gasteiger partial charge in [0.2, 0.25) is 0 Å². The molecule has 1 fully saturated rings. The summed E-state index contributed by atoms with van der Waals surface area (Å²) in [6.07, 6.45) is 6.79. The van der Waals surface area contributed by atoms with Gasteiger partial charge in [0.15, 0.2) is 0 Å². The normalized spacial score (nSPS) is 22.5. The Hall–Kier alpha value is -0.0800. The van der Waals surface area contributed by atoms with Crippen molar-refractivity contribution in [1.82, 2.24) is 5.32 Å². The van der Waals surface area contributed by atoms with Gasteiger partial charge in [-0.3, -0.25) is 0 Å². The zero-order valence-corrected chi connectivity index (χ0v) is 8.05. The van der Waals surface area contributed by atoms with E-state index in [1.807, 2.05) is 6.92 Å². The van der Waals surface area contributed by atoms with Crippen LogP contribution in [0.5, 0.6) is 0 Å². The number of nitrogens with one attached hydrogen (secondary N) is 1. The van der Waals surface area contributed by atoms with Crippen molar-refractivity contribution in [3.63, 3.8) is 0 Å². The van der Waals surface area contributed by atoms with Crippen LogP contribution in [-0.2, 0) is 0 Å². The smallest absolute Gasteiger partial charge is 0.0636 e. The van der Waals surface area contributed by atoms with Crippen LogP contribution in [0.2, 0.25) is 0 Å². The van der Waals surface area contributed by atoms with Crippen LogP contribution in [-0.4, -0.2) is 24.3 Å². The second-order valence-corrected chi connectivity index (χ2v) is 4.01. The van der Waals surface area contributed by atoms with E-state index in [4.69, 9.17) is 5.11 Å². The Labute approximate surface area is 75.4 Å². The van der Waals surface area contributed by atoms with Crippen LogP contribution < -0.4 is 5.32 Å². The molecule has 0 spiro atoms. The van der Waals surface area contributed by atoms with Crippen LogP contribution in [0.1, 0.15) is 39.0 Å². The topological polar surface area (TPSA) is 32.3 Å². The summed E-state index contributed by atoms with van der Waals surface area (Å²) in [6, 6.07) is 0. The zero-order chi connectivity index (χ0) is 8.81. The zero-order valence-electron chi connectivity index (χ0n) is 8.05. The molecule has 0 heterocycles. The Morgan fingerprint density at radius 2 is 2.00 bits per heavy atom. The van der Waals surface area contributed by atoms with Crippen molar-refractivity contribution in [2.24, 2.45) is 5.92 Å². The molecular formula is C10H21NO. The maximum atomic E-state index is 9.02. The van der Waals surface area contributed by atoms with E-state index < -0.39 is 0 Å². The second kappa shape index (κ2) is 5.55. The monoisotopic (exact) mass is 171 g/mol. The van der Waals surface area contributed by atoms with Crippen molar-refractivity contribution in [3.8, 4) is 0 Å². The first-order chi connectivity index (χ1) is 5.79. The Morgan fingerprint density at radius 3 is 2.58 bits per heavy atom. The Morgan fingerprint density at radius 1 is 1.33 bits per heavy atom. The molecule has 0 aromatic heterocycles. The third-order valence-corrected chi connectivity index (χ3v) is 2.60. The number of aliphatic hydroxyl groups is 1. The van der Waals surface area contributed by atoms with E-state index in [0.29, 0.717) is 0 Å². The van der Waals surface area contributed by atoms with Gasteiger partial charge in [-0.1, -0.05) is 19.3 Å². The molecule has 72 valence electrons. The molecule has 1 aliphatic rings. The quantitative estimate of drug-likeness (QED) is 0.672. The third kappa shape index (κ3) is 4.07. The van der Waals surface area contributed by atoms with Crippen LogP contribution in [0, 0.1) is 5.92 Å². The summed E-state index contributed by atoms with van der Waals surface area (Å²) in [5.74, 6) is 0.873. The second-order valence-electron chi connectivity index (χ2n) is 4.01. The average molecular weight is 171 g/mol. The minimum absolute atomic E-state index is 0.200. The fourth-order valence-electron chi connectivity index (χ4n) is 1.89. The van der Waals surface area contributed by atoms with Gasteiger partial charge in [-0.05, 0) is 32.2 Å². The highest BCUT2D eigenvalue weighted by molar-refractivity contribution is 4.68. The highest BCUT2D eigenvalue weighted by atomic mass is 16.3. The van der Waals surface area contributed by atoms with Crippen molar-refractivity contribution in [2.75, 3.05) is 13.1 Å². The largest absolute Gasteiger partial charge is 0.392 e. The average Bonchev–Trinajstić information content (AvgIpc) is 2.05. The van der Waals surface area contributed by atoms with Crippen LogP contribution in [0.15, 0.2) is 0 Å². The van der Waals surface area contributed by atoms with Crippen LogP contribution in [0.3, 0.4) is 0 Å². The number of aliphatic hydroxyl groups excluding tert-OH is 1. The molecule has 2 nitrogen and oxygen atoms in total. The van der Waals surface area contributed by atoms with Gasteiger partial charge < -0.3 is 10.4 Å². The van der Waals surface area contributed by atoms with Crippen molar-refractivity contribution in [1.29, 1.82) is 0 Å². The summed E-state index contributed by atoms with van der Waals surface area (Å²) < 4.78 is 0. The van der Waals surface area contributed by atoms with Crippen molar-refractivity contribution in [3.05, 3.63) is 0 Å². The fraction of sp³-hybridized carbons (Fsp3) is 1.00. The predicted octanol–water partition coefficient (Wildman–Crippen LogP) is 1.54. The number of rotatable bonds is 4. The summed E-state index contributed by atoms with van der Waals surface area (Å²) in [5.41, 5.74) is 0. The molecule has 0 radical (unpaired) electrons. The van der Waals surface area contributed by atoms with Gasteiger partial charge in [-0.25, -0.2) is 0 Å². The molecule has 0 unspecified atom stereocenters. The molecule has 1 aliphatic carbocycles. The van der Waals surface area contributed by atoms with E-state index in [1.54, 1.807) is 0 Å². The highest BCUT2D eigenvalue weighted by Crippen LogP contribution is 2.22. The van der Waals surface area contributed by atoms with E-state index >= 15 is 0 Å². The molecule has 12 heavy (non-hydrogen) atoms. The first kappa shape index (κ1) is 10.0. The molecule has 0 bridgehead atoms. The molecular weight excluding hydrogens is 150 g/mol. The van der Waals surface area contributed by atoms with Gasteiger partial charge in [-0.15, -0.1) is 0 Å². The van der Waals surface area contributed by atoms with E-state index in [1.165, 1.54) is 32.1 Å². The van der Waals surface area contributed by atoms with E-state index in [0.717, 1.165) is 19.0 Å². The SMILES string of the molecule is C[C@H](O)CNCC1CCCCC1. The maximum Gasteiger partial charge on any atom is 0.0636 e. The molecule has 0 aromatic rings. The van der Waals surface area contributed by atoms with Gasteiger partial charge in [0.1, 0.15) is 0 Å². The van der Waals surface area contributed by atoms with Gasteiger partial charge in [0.05, 0.1) is 6.10 Å². The summed E-state index contributed by atoms with van der Waals surface area (Å²) in [6.45, 7) is 3.68. The lowest BCUT2D eigenvalue weighted by Gasteiger charge is -2.22. The van der Waals surface area contributed by atoms with Crippen molar-refractivity contribution >= 4 is 0 Å². The molecule has 0 aliphatic heterocycles. The van der Waals surface area contributed by atoms with E-state index in [-0.39, 0.29) is 6.10 Å². The Balaban J connectivity index is 1.98. The summed E-state index contributed by atoms with van der Waals surface area (Å²) in [4.78, 5) is 0. The predicted molar refractivity (Wildman–Crippen MR) is 51.1 cm³/mol. The van der Waals surface area contributed by atoms with Crippen LogP contribution >= 0.6 is 0 Å². The van der Waals surface area contributed by atoms with E-state index in [9.17, 15) is 0 Å². The Kier molecular flexibility index (Phi) is 4.62. The Bertz CT molecular complexity index is 108. The first-order valence-corrected chi connectivity index (χ1v) is 5.18. The number of hydrogen-bond acceptors (Lipinski definition) is 2. The number of hydrogen-bond donors (Lipinski definition) is 2. The lowest BCUT2D eigenvalue weighted by atomic mass is 9.89. The molecule has 0 saturated heterocycles. The molecule has 1 atom stereocenters.